The molecule has 0 spiro atoms. The van der Waals surface area contributed by atoms with Crippen LogP contribution in [-0.2, 0) is 0 Å². The lowest BCUT2D eigenvalue weighted by Crippen LogP contribution is -1.91. The fourth-order valence-electron chi connectivity index (χ4n) is 0.580. The number of nitrogens with one attached hydrogen (secondary N) is 2. The zero-order valence-corrected chi connectivity index (χ0v) is 8.61. The molecule has 1 heterocycles. The summed E-state index contributed by atoms with van der Waals surface area (Å²) in [4.78, 5) is 9.61. The first-order valence-corrected chi connectivity index (χ1v) is 4.97. The minimum atomic E-state index is 0.408. The van der Waals surface area contributed by atoms with Gasteiger partial charge in [0.05, 0.1) is 0 Å². The van der Waals surface area contributed by atoms with Crippen molar-refractivity contribution in [2.75, 3.05) is 5.75 Å². The first-order valence-electron chi connectivity index (χ1n) is 3.16. The van der Waals surface area contributed by atoms with Gasteiger partial charge in [0.25, 0.3) is 0 Å². The Kier molecular flexibility index (Phi) is 3.64. The first-order chi connectivity index (χ1) is 5.72. The highest BCUT2D eigenvalue weighted by molar-refractivity contribution is 7.99. The number of hydrogen-bond acceptors (Lipinski definition) is 4. The summed E-state index contributed by atoms with van der Waals surface area (Å²) in [5, 5.41) is 0.726. The Morgan fingerprint density at radius 3 is 2.83 bits per heavy atom. The monoisotopic (exact) mass is 217 g/mol. The average molecular weight is 217 g/mol. The molecule has 0 atom stereocenters. The van der Waals surface area contributed by atoms with Crippen molar-refractivity contribution in [2.45, 2.75) is 5.16 Å². The molecule has 0 bridgehead atoms. The van der Waals surface area contributed by atoms with Crippen molar-refractivity contribution in [3.8, 4) is 0 Å². The summed E-state index contributed by atoms with van der Waals surface area (Å²) in [6, 6.07) is 0. The number of aromatic amines is 2. The van der Waals surface area contributed by atoms with E-state index in [9.17, 15) is 0 Å². The molecule has 0 aliphatic heterocycles. The molecule has 0 unspecified atom stereocenters. The molecule has 2 N–H and O–H groups in total. The molecular weight excluding hydrogens is 210 g/mol. The maximum Gasteiger partial charge on any atom is 0.201 e. The molecule has 0 amide bonds. The molecule has 1 aromatic rings. The van der Waals surface area contributed by atoms with Crippen LogP contribution in [0.25, 0.3) is 0 Å². The molecule has 3 nitrogen and oxygen atoms in total. The second-order valence-electron chi connectivity index (χ2n) is 1.90. The molecule has 0 aliphatic rings. The predicted octanol–water partition coefficient (Wildman–Crippen LogP) is 2.47. The van der Waals surface area contributed by atoms with Crippen molar-refractivity contribution < 1.29 is 0 Å². The third kappa shape index (κ3) is 2.88. The van der Waals surface area contributed by atoms with Crippen molar-refractivity contribution in [2.24, 2.45) is 0 Å². The Hall–Kier alpha value is -0.460. The zero-order valence-electron chi connectivity index (χ0n) is 6.16. The van der Waals surface area contributed by atoms with E-state index >= 15 is 0 Å². The van der Waals surface area contributed by atoms with Gasteiger partial charge in [-0.3, -0.25) is 0 Å². The first kappa shape index (κ1) is 9.63. The van der Waals surface area contributed by atoms with Gasteiger partial charge in [0, 0.05) is 5.75 Å². The Balaban J connectivity index is 2.93. The van der Waals surface area contributed by atoms with E-state index in [-0.39, 0.29) is 0 Å². The van der Waals surface area contributed by atoms with Crippen molar-refractivity contribution in [3.63, 3.8) is 0 Å². The minimum absolute atomic E-state index is 0.408. The van der Waals surface area contributed by atoms with Gasteiger partial charge < -0.3 is 9.97 Å². The molecule has 64 valence electrons. The average Bonchev–Trinajstić information content (AvgIpc) is 1.99. The number of H-pyrrole nitrogens is 2. The lowest BCUT2D eigenvalue weighted by atomic mass is 10.8. The molecule has 6 heteroatoms. The number of nitrogens with zero attached hydrogens (tertiary/aromatic N) is 1. The highest BCUT2D eigenvalue weighted by Crippen LogP contribution is 2.10. The van der Waals surface area contributed by atoms with Crippen molar-refractivity contribution in [3.05, 3.63) is 22.2 Å². The number of rotatable bonds is 3. The van der Waals surface area contributed by atoms with E-state index in [0.717, 1.165) is 10.9 Å². The zero-order chi connectivity index (χ0) is 8.97. The normalized spacial score (nSPS) is 9.67. The van der Waals surface area contributed by atoms with Crippen LogP contribution in [0, 0.1) is 9.54 Å². The largest absolute Gasteiger partial charge is 0.311 e. The Labute approximate surface area is 84.3 Å². The summed E-state index contributed by atoms with van der Waals surface area (Å²) in [6.07, 6.45) is 1.79. The predicted molar refractivity (Wildman–Crippen MR) is 55.5 cm³/mol. The topological polar surface area (TPSA) is 44.5 Å². The van der Waals surface area contributed by atoms with Crippen LogP contribution < -0.4 is 0 Å². The quantitative estimate of drug-likeness (QED) is 0.464. The fraction of sp³-hybridized carbons (Fsp3) is 0.167. The molecule has 12 heavy (non-hydrogen) atoms. The maximum absolute atomic E-state index is 4.88. The van der Waals surface area contributed by atoms with Crippen LogP contribution in [0.3, 0.4) is 0 Å². The lowest BCUT2D eigenvalue weighted by molar-refractivity contribution is 0.873. The van der Waals surface area contributed by atoms with E-state index in [4.69, 9.17) is 24.4 Å². The van der Waals surface area contributed by atoms with Crippen molar-refractivity contribution in [1.29, 1.82) is 0 Å². The van der Waals surface area contributed by atoms with Crippen LogP contribution >= 0.6 is 36.2 Å². The molecule has 1 rings (SSSR count). The van der Waals surface area contributed by atoms with E-state index in [0.29, 0.717) is 9.54 Å². The lowest BCUT2D eigenvalue weighted by Gasteiger charge is -1.95. The number of thioether (sulfide) groups is 1. The summed E-state index contributed by atoms with van der Waals surface area (Å²) < 4.78 is 0.909. The highest BCUT2D eigenvalue weighted by atomic mass is 32.2. The second kappa shape index (κ2) is 4.54. The summed E-state index contributed by atoms with van der Waals surface area (Å²) >= 11 is 11.2. The number of aromatic nitrogens is 3. The van der Waals surface area contributed by atoms with Crippen LogP contribution in [0.1, 0.15) is 0 Å². The van der Waals surface area contributed by atoms with Crippen LogP contribution in [0.5, 0.6) is 0 Å². The molecule has 0 saturated heterocycles. The standard InChI is InChI=1S/C6H7N3S3/c1-2-3-12-6-8-4(10)7-5(11)9-6/h2H,1,3H2,(H2,7,8,9,10,11). The molecule has 0 aliphatic carbocycles. The van der Waals surface area contributed by atoms with Crippen LogP contribution in [0.4, 0.5) is 0 Å². The van der Waals surface area contributed by atoms with E-state index < -0.39 is 0 Å². The third-order valence-corrected chi connectivity index (χ3v) is 2.25. The van der Waals surface area contributed by atoms with Gasteiger partial charge in [0.1, 0.15) is 0 Å². The SMILES string of the molecule is C=CCSc1nc(=S)[nH]c(=S)[nH]1. The Bertz CT molecular complexity index is 350. The van der Waals surface area contributed by atoms with Crippen LogP contribution in [0.2, 0.25) is 0 Å². The van der Waals surface area contributed by atoms with Crippen molar-refractivity contribution in [1.82, 2.24) is 15.0 Å². The van der Waals surface area contributed by atoms with Gasteiger partial charge in [-0.25, -0.2) is 0 Å². The molecule has 0 aromatic carbocycles. The van der Waals surface area contributed by atoms with E-state index in [2.05, 4.69) is 21.5 Å². The summed E-state index contributed by atoms with van der Waals surface area (Å²) in [7, 11) is 0. The summed E-state index contributed by atoms with van der Waals surface area (Å²) in [5.41, 5.74) is 0. The fourth-order valence-corrected chi connectivity index (χ4v) is 1.76. The van der Waals surface area contributed by atoms with Gasteiger partial charge in [0.2, 0.25) is 4.77 Å². The Morgan fingerprint density at radius 2 is 2.25 bits per heavy atom. The van der Waals surface area contributed by atoms with Crippen molar-refractivity contribution >= 4 is 36.2 Å². The van der Waals surface area contributed by atoms with E-state index in [1.807, 2.05) is 0 Å². The number of hydrogen-bond donors (Lipinski definition) is 2. The van der Waals surface area contributed by atoms with Crippen LogP contribution in [-0.4, -0.2) is 20.7 Å². The molecule has 0 radical (unpaired) electrons. The van der Waals surface area contributed by atoms with E-state index in [1.54, 1.807) is 6.08 Å². The summed E-state index contributed by atoms with van der Waals surface area (Å²) in [5.74, 6) is 0.789. The maximum atomic E-state index is 4.88. The third-order valence-electron chi connectivity index (χ3n) is 0.982. The van der Waals surface area contributed by atoms with Gasteiger partial charge in [-0.2, -0.15) is 4.98 Å². The van der Waals surface area contributed by atoms with Gasteiger partial charge in [-0.1, -0.05) is 17.8 Å². The molecular formula is C6H7N3S3. The molecule has 0 fully saturated rings. The second-order valence-corrected chi connectivity index (χ2v) is 3.70. The summed E-state index contributed by atoms with van der Waals surface area (Å²) in [6.45, 7) is 3.60. The van der Waals surface area contributed by atoms with Gasteiger partial charge >= 0.3 is 0 Å². The van der Waals surface area contributed by atoms with Gasteiger partial charge in [-0.15, -0.1) is 6.58 Å². The smallest absolute Gasteiger partial charge is 0.201 e. The van der Waals surface area contributed by atoms with Gasteiger partial charge in [0.15, 0.2) is 9.93 Å². The van der Waals surface area contributed by atoms with Gasteiger partial charge in [-0.05, 0) is 24.4 Å². The minimum Gasteiger partial charge on any atom is -0.311 e. The Morgan fingerprint density at radius 1 is 1.50 bits per heavy atom. The highest BCUT2D eigenvalue weighted by Gasteiger charge is 1.92. The molecule has 1 aromatic heterocycles. The van der Waals surface area contributed by atoms with E-state index in [1.165, 1.54) is 11.8 Å². The molecule has 0 saturated carbocycles. The van der Waals surface area contributed by atoms with Crippen LogP contribution in [0.15, 0.2) is 17.8 Å².